The highest BCUT2D eigenvalue weighted by Crippen LogP contribution is 2.47. The number of nitrogens with zero attached hydrogens (tertiary/aromatic N) is 1. The highest BCUT2D eigenvalue weighted by Gasteiger charge is 2.41. The molecule has 0 bridgehead atoms. The van der Waals surface area contributed by atoms with Gasteiger partial charge in [0.2, 0.25) is 5.91 Å². The number of ketones is 1. The second-order valence-electron chi connectivity index (χ2n) is 11.6. The molecule has 5 rings (SSSR count). The zero-order chi connectivity index (χ0) is 28.6. The highest BCUT2D eigenvalue weighted by atomic mass is 16.5. The van der Waals surface area contributed by atoms with Crippen LogP contribution >= 0.6 is 0 Å². The molecule has 0 unspecified atom stereocenters. The van der Waals surface area contributed by atoms with Crippen LogP contribution in [0.4, 0.5) is 11.4 Å². The second-order valence-corrected chi connectivity index (χ2v) is 11.6. The Kier molecular flexibility index (Phi) is 7.37. The predicted octanol–water partition coefficient (Wildman–Crippen LogP) is 7.08. The summed E-state index contributed by atoms with van der Waals surface area (Å²) in [5.74, 6) is -0.481. The normalized spacial score (nSPS) is 18.8. The molecule has 1 heterocycles. The number of carbonyl (C=O) groups is 3. The van der Waals surface area contributed by atoms with Crippen LogP contribution in [0.1, 0.15) is 86.0 Å². The Hall–Kier alpha value is -4.19. The van der Waals surface area contributed by atoms with Gasteiger partial charge in [0.15, 0.2) is 5.78 Å². The molecule has 3 aromatic carbocycles. The number of methoxy groups -OCH3 is 1. The summed E-state index contributed by atoms with van der Waals surface area (Å²) in [4.78, 5) is 41.5. The van der Waals surface area contributed by atoms with Gasteiger partial charge >= 0.3 is 5.97 Å². The first-order chi connectivity index (χ1) is 19.1. The van der Waals surface area contributed by atoms with Gasteiger partial charge in [-0.1, -0.05) is 76.2 Å². The number of anilines is 2. The second kappa shape index (κ2) is 10.8. The van der Waals surface area contributed by atoms with Gasteiger partial charge in [0.05, 0.1) is 30.1 Å². The van der Waals surface area contributed by atoms with Crippen LogP contribution in [0.3, 0.4) is 0 Å². The summed E-state index contributed by atoms with van der Waals surface area (Å²) in [5.41, 5.74) is 6.57. The van der Waals surface area contributed by atoms with E-state index in [-0.39, 0.29) is 29.4 Å². The third kappa shape index (κ3) is 5.06. The maximum Gasteiger partial charge on any atom is 0.337 e. The van der Waals surface area contributed by atoms with Crippen LogP contribution in [0.5, 0.6) is 0 Å². The molecule has 0 fully saturated rings. The number of nitrogens with one attached hydrogen (secondary N) is 1. The van der Waals surface area contributed by atoms with Gasteiger partial charge in [0.25, 0.3) is 0 Å². The molecule has 1 aliphatic heterocycles. The molecule has 40 heavy (non-hydrogen) atoms. The fraction of sp³-hybridized carbons (Fsp3) is 0.324. The molecular weight excluding hydrogens is 500 g/mol. The SMILES string of the molecule is CCC(=O)N1c2ccccc2NC2=C(C(=O)C[C@@H](c3ccc(C(C)(C)C)cc3)C2)[C@@H]1c1ccc(C(=O)OC)cc1. The van der Waals surface area contributed by atoms with Crippen molar-refractivity contribution in [1.82, 2.24) is 0 Å². The number of hydrogen-bond donors (Lipinski definition) is 1. The standard InChI is InChI=1S/C34H36N2O4/c1-6-30(38)36-28-10-8-7-9-26(28)35-27-19-24(21-15-17-25(18-16-21)34(2,3)4)20-29(37)31(27)32(36)22-11-13-23(14-12-22)33(39)40-5/h7-18,24,32,35H,6,19-20H2,1-5H3/t24-,32-/m0/s1. The smallest absolute Gasteiger partial charge is 0.337 e. The molecule has 6 heteroatoms. The van der Waals surface area contributed by atoms with E-state index in [2.05, 4.69) is 50.4 Å². The lowest BCUT2D eigenvalue weighted by atomic mass is 9.77. The molecule has 1 aliphatic carbocycles. The Bertz CT molecular complexity index is 1480. The van der Waals surface area contributed by atoms with E-state index < -0.39 is 12.0 Å². The van der Waals surface area contributed by atoms with Gasteiger partial charge in [-0.25, -0.2) is 4.79 Å². The van der Waals surface area contributed by atoms with E-state index >= 15 is 0 Å². The first-order valence-electron chi connectivity index (χ1n) is 13.9. The first-order valence-corrected chi connectivity index (χ1v) is 13.9. The van der Waals surface area contributed by atoms with Gasteiger partial charge in [-0.2, -0.15) is 0 Å². The van der Waals surface area contributed by atoms with Crippen LogP contribution in [0.15, 0.2) is 84.1 Å². The van der Waals surface area contributed by atoms with Crippen molar-refractivity contribution in [2.75, 3.05) is 17.3 Å². The lowest BCUT2D eigenvalue weighted by Crippen LogP contribution is -2.38. The Morgan fingerprint density at radius 2 is 1.57 bits per heavy atom. The van der Waals surface area contributed by atoms with Crippen molar-refractivity contribution in [3.05, 3.63) is 106 Å². The summed E-state index contributed by atoms with van der Waals surface area (Å²) in [5, 5.41) is 3.57. The average Bonchev–Trinajstić information content (AvgIpc) is 3.10. The van der Waals surface area contributed by atoms with Gasteiger partial charge in [-0.3, -0.25) is 14.5 Å². The molecule has 3 aromatic rings. The minimum atomic E-state index is -0.623. The predicted molar refractivity (Wildman–Crippen MR) is 158 cm³/mol. The Balaban J connectivity index is 1.63. The van der Waals surface area contributed by atoms with Crippen molar-refractivity contribution in [3.8, 4) is 0 Å². The number of para-hydroxylation sites is 2. The fourth-order valence-corrected chi connectivity index (χ4v) is 5.76. The zero-order valence-electron chi connectivity index (χ0n) is 23.8. The van der Waals surface area contributed by atoms with Crippen LogP contribution in [-0.4, -0.2) is 24.8 Å². The number of amides is 1. The summed E-state index contributed by atoms with van der Waals surface area (Å²) >= 11 is 0. The molecule has 2 atom stereocenters. The van der Waals surface area contributed by atoms with Crippen molar-refractivity contribution in [2.45, 2.75) is 64.3 Å². The van der Waals surface area contributed by atoms with Gasteiger partial charge in [0.1, 0.15) is 0 Å². The Morgan fingerprint density at radius 3 is 2.20 bits per heavy atom. The molecule has 0 spiro atoms. The molecule has 0 saturated heterocycles. The third-order valence-corrected chi connectivity index (χ3v) is 7.96. The number of rotatable bonds is 4. The lowest BCUT2D eigenvalue weighted by molar-refractivity contribution is -0.119. The van der Waals surface area contributed by atoms with Crippen LogP contribution in [0, 0.1) is 0 Å². The molecule has 206 valence electrons. The number of esters is 1. The van der Waals surface area contributed by atoms with Crippen molar-refractivity contribution < 1.29 is 19.1 Å². The van der Waals surface area contributed by atoms with E-state index in [4.69, 9.17) is 4.74 Å². The highest BCUT2D eigenvalue weighted by molar-refractivity contribution is 6.06. The van der Waals surface area contributed by atoms with E-state index in [1.54, 1.807) is 17.0 Å². The summed E-state index contributed by atoms with van der Waals surface area (Å²) in [6.07, 6.45) is 1.29. The maximum atomic E-state index is 14.1. The molecule has 0 saturated carbocycles. The summed E-state index contributed by atoms with van der Waals surface area (Å²) in [6.45, 7) is 8.40. The van der Waals surface area contributed by atoms with Crippen LogP contribution in [0.2, 0.25) is 0 Å². The van der Waals surface area contributed by atoms with E-state index in [1.807, 2.05) is 43.3 Å². The van der Waals surface area contributed by atoms with E-state index in [1.165, 1.54) is 12.7 Å². The summed E-state index contributed by atoms with van der Waals surface area (Å²) < 4.78 is 4.87. The molecular formula is C34H36N2O4. The van der Waals surface area contributed by atoms with Crippen LogP contribution in [-0.2, 0) is 19.7 Å². The van der Waals surface area contributed by atoms with Gasteiger partial charge < -0.3 is 10.1 Å². The first kappa shape index (κ1) is 27.4. The van der Waals surface area contributed by atoms with Crippen LogP contribution < -0.4 is 10.2 Å². The van der Waals surface area contributed by atoms with Gasteiger partial charge in [-0.05, 0) is 58.7 Å². The third-order valence-electron chi connectivity index (χ3n) is 7.96. The van der Waals surface area contributed by atoms with E-state index in [0.717, 1.165) is 28.2 Å². The number of benzene rings is 3. The number of ether oxygens (including phenoxy) is 1. The van der Waals surface area contributed by atoms with Crippen molar-refractivity contribution in [1.29, 1.82) is 0 Å². The number of hydrogen-bond acceptors (Lipinski definition) is 5. The molecule has 6 nitrogen and oxygen atoms in total. The number of allylic oxidation sites excluding steroid dienone is 1. The number of fused-ring (bicyclic) bond motifs is 1. The van der Waals surface area contributed by atoms with E-state index in [0.29, 0.717) is 24.0 Å². The monoisotopic (exact) mass is 536 g/mol. The average molecular weight is 537 g/mol. The summed E-state index contributed by atoms with van der Waals surface area (Å²) in [6, 6.07) is 22.7. The quantitative estimate of drug-likeness (QED) is 0.361. The summed E-state index contributed by atoms with van der Waals surface area (Å²) in [7, 11) is 1.34. The minimum absolute atomic E-state index is 0.0161. The van der Waals surface area contributed by atoms with Crippen molar-refractivity contribution >= 4 is 29.0 Å². The number of carbonyl (C=O) groups excluding carboxylic acids is 3. The molecule has 1 N–H and O–H groups in total. The molecule has 2 aliphatic rings. The maximum absolute atomic E-state index is 14.1. The van der Waals surface area contributed by atoms with Crippen LogP contribution in [0.25, 0.3) is 0 Å². The molecule has 1 amide bonds. The van der Waals surface area contributed by atoms with Crippen molar-refractivity contribution in [3.63, 3.8) is 0 Å². The fourth-order valence-electron chi connectivity index (χ4n) is 5.76. The minimum Gasteiger partial charge on any atom is -0.465 e. The molecule has 0 aromatic heterocycles. The Morgan fingerprint density at radius 1 is 0.925 bits per heavy atom. The topological polar surface area (TPSA) is 75.7 Å². The Labute approximate surface area is 236 Å². The van der Waals surface area contributed by atoms with Gasteiger partial charge in [0, 0.05) is 24.1 Å². The largest absolute Gasteiger partial charge is 0.465 e. The number of Topliss-reactive ketones (excluding diaryl/α,β-unsaturated/α-hetero) is 1. The van der Waals surface area contributed by atoms with E-state index in [9.17, 15) is 14.4 Å². The van der Waals surface area contributed by atoms with Crippen molar-refractivity contribution in [2.24, 2.45) is 0 Å². The van der Waals surface area contributed by atoms with Gasteiger partial charge in [-0.15, -0.1) is 0 Å². The lowest BCUT2D eigenvalue weighted by Gasteiger charge is -2.35. The molecule has 0 radical (unpaired) electrons. The zero-order valence-corrected chi connectivity index (χ0v) is 23.8.